The van der Waals surface area contributed by atoms with Gasteiger partial charge in [0.05, 0.1) is 6.04 Å². The first-order valence-corrected chi connectivity index (χ1v) is 10.8. The third kappa shape index (κ3) is 6.15. The second-order valence-electron chi connectivity index (χ2n) is 7.81. The summed E-state index contributed by atoms with van der Waals surface area (Å²) < 4.78 is 0. The Morgan fingerprint density at radius 1 is 1.22 bits per heavy atom. The highest BCUT2D eigenvalue weighted by Gasteiger charge is 2.29. The molecule has 0 radical (unpaired) electrons. The number of carbonyl (C=O) groups excluding carboxylic acids is 1. The fourth-order valence-corrected chi connectivity index (χ4v) is 4.87. The summed E-state index contributed by atoms with van der Waals surface area (Å²) >= 11 is 1.80. The molecular formula is C21H32ClN3OS. The molecule has 2 aliphatic rings. The number of nitrogens with zero attached hydrogens (tertiary/aromatic N) is 2. The van der Waals surface area contributed by atoms with Gasteiger partial charge in [-0.2, -0.15) is 0 Å². The first kappa shape index (κ1) is 22.1. The maximum Gasteiger partial charge on any atom is 0.226 e. The lowest BCUT2D eigenvalue weighted by atomic mass is 9.96. The number of halogens is 1. The average Bonchev–Trinajstić information content (AvgIpc) is 2.96. The molecule has 1 aromatic rings. The Kier molecular flexibility index (Phi) is 8.49. The predicted octanol–water partition coefficient (Wildman–Crippen LogP) is 5.30. The molecule has 0 aromatic heterocycles. The molecule has 2 fully saturated rings. The number of hydrogen-bond acceptors (Lipinski definition) is 3. The number of rotatable bonds is 5. The topological polar surface area (TPSA) is 44.7 Å². The molecule has 1 unspecified atom stereocenters. The number of thioether (sulfide) groups is 1. The molecule has 1 amide bonds. The van der Waals surface area contributed by atoms with Crippen LogP contribution in [0.5, 0.6) is 0 Å². The van der Waals surface area contributed by atoms with Crippen LogP contribution in [0.25, 0.3) is 0 Å². The average molecular weight is 410 g/mol. The van der Waals surface area contributed by atoms with E-state index in [1.54, 1.807) is 11.8 Å². The second kappa shape index (κ2) is 10.4. The third-order valence-corrected chi connectivity index (χ3v) is 6.61. The molecule has 1 saturated carbocycles. The van der Waals surface area contributed by atoms with Crippen molar-refractivity contribution in [3.63, 3.8) is 0 Å². The van der Waals surface area contributed by atoms with E-state index in [9.17, 15) is 4.79 Å². The molecule has 3 rings (SSSR count). The van der Waals surface area contributed by atoms with Crippen LogP contribution < -0.4 is 5.32 Å². The van der Waals surface area contributed by atoms with Crippen molar-refractivity contribution < 1.29 is 4.79 Å². The smallest absolute Gasteiger partial charge is 0.226 e. The molecular weight excluding hydrogens is 378 g/mol. The van der Waals surface area contributed by atoms with Gasteiger partial charge in [0.15, 0.2) is 5.17 Å². The molecule has 6 heteroatoms. The number of nitrogens with one attached hydrogen (secondary N) is 1. The summed E-state index contributed by atoms with van der Waals surface area (Å²) in [5, 5.41) is 4.16. The Hall–Kier alpha value is -1.20. The number of carbonyl (C=O) groups is 1. The molecule has 27 heavy (non-hydrogen) atoms. The van der Waals surface area contributed by atoms with Crippen molar-refractivity contribution in [1.82, 2.24) is 4.90 Å². The van der Waals surface area contributed by atoms with Gasteiger partial charge >= 0.3 is 0 Å². The van der Waals surface area contributed by atoms with Gasteiger partial charge in [0.1, 0.15) is 0 Å². The van der Waals surface area contributed by atoms with Crippen LogP contribution in [-0.2, 0) is 4.79 Å². The zero-order valence-corrected chi connectivity index (χ0v) is 18.2. The highest BCUT2D eigenvalue weighted by atomic mass is 35.5. The lowest BCUT2D eigenvalue weighted by Crippen LogP contribution is -2.34. The summed E-state index contributed by atoms with van der Waals surface area (Å²) in [5.74, 6) is 1.53. The van der Waals surface area contributed by atoms with E-state index in [4.69, 9.17) is 4.99 Å². The highest BCUT2D eigenvalue weighted by molar-refractivity contribution is 8.14. The zero-order valence-electron chi connectivity index (χ0n) is 16.6. The molecule has 1 aromatic carbocycles. The van der Waals surface area contributed by atoms with Crippen molar-refractivity contribution in [2.45, 2.75) is 70.4 Å². The Balaban J connectivity index is 0.00000261. The Bertz CT molecular complexity index is 641. The van der Waals surface area contributed by atoms with Gasteiger partial charge in [0.2, 0.25) is 5.91 Å². The van der Waals surface area contributed by atoms with Gasteiger partial charge in [-0.1, -0.05) is 57.0 Å². The van der Waals surface area contributed by atoms with Gasteiger partial charge in [-0.25, -0.2) is 0 Å². The molecule has 0 spiro atoms. The standard InChI is InChI=1S/C21H31N3OS.ClH/c1-15(2)16-9-11-18(12-10-16)22-20(25)13-19-14-26-21(24(19)3)23-17-7-5-4-6-8-17;/h9-12,15,17,19H,4-8,13-14H2,1-3H3,(H,22,25);1H/b23-21-;. The minimum absolute atomic E-state index is 0. The van der Waals surface area contributed by atoms with Crippen LogP contribution in [0.2, 0.25) is 0 Å². The summed E-state index contributed by atoms with van der Waals surface area (Å²) in [5.41, 5.74) is 2.17. The maximum atomic E-state index is 12.4. The van der Waals surface area contributed by atoms with Crippen molar-refractivity contribution in [2.24, 2.45) is 4.99 Å². The van der Waals surface area contributed by atoms with Crippen LogP contribution in [-0.4, -0.2) is 40.9 Å². The second-order valence-corrected chi connectivity index (χ2v) is 8.80. The van der Waals surface area contributed by atoms with Crippen LogP contribution >= 0.6 is 24.2 Å². The summed E-state index contributed by atoms with van der Waals surface area (Å²) in [6.45, 7) is 4.35. The fraction of sp³-hybridized carbons (Fsp3) is 0.619. The van der Waals surface area contributed by atoms with Gasteiger partial charge in [0, 0.05) is 31.0 Å². The normalized spacial score (nSPS) is 22.1. The third-order valence-electron chi connectivity index (χ3n) is 5.40. The van der Waals surface area contributed by atoms with E-state index in [0.717, 1.165) is 16.6 Å². The van der Waals surface area contributed by atoms with Crippen LogP contribution in [0, 0.1) is 0 Å². The molecule has 150 valence electrons. The van der Waals surface area contributed by atoms with Crippen molar-refractivity contribution in [3.05, 3.63) is 29.8 Å². The minimum atomic E-state index is 0. The van der Waals surface area contributed by atoms with Gasteiger partial charge in [-0.3, -0.25) is 9.79 Å². The van der Waals surface area contributed by atoms with Gasteiger partial charge in [-0.15, -0.1) is 12.4 Å². The SMILES string of the molecule is CC(C)c1ccc(NC(=O)CC2CS/C(=N\C3CCCCC3)N2C)cc1.Cl. The number of anilines is 1. The van der Waals surface area contributed by atoms with Crippen molar-refractivity contribution in [2.75, 3.05) is 18.1 Å². The number of aliphatic imine (C=N–C) groups is 1. The Morgan fingerprint density at radius 2 is 1.89 bits per heavy atom. The molecule has 4 nitrogen and oxygen atoms in total. The summed E-state index contributed by atoms with van der Waals surface area (Å²) in [6, 6.07) is 8.89. The van der Waals surface area contributed by atoms with E-state index in [0.29, 0.717) is 18.4 Å². The molecule has 1 aliphatic carbocycles. The van der Waals surface area contributed by atoms with Crippen LogP contribution in [0.1, 0.15) is 63.9 Å². The summed E-state index contributed by atoms with van der Waals surface area (Å²) in [7, 11) is 2.08. The van der Waals surface area contributed by atoms with E-state index in [1.807, 2.05) is 12.1 Å². The lowest BCUT2D eigenvalue weighted by Gasteiger charge is -2.23. The lowest BCUT2D eigenvalue weighted by molar-refractivity contribution is -0.116. The van der Waals surface area contributed by atoms with Crippen LogP contribution in [0.3, 0.4) is 0 Å². The Morgan fingerprint density at radius 3 is 2.52 bits per heavy atom. The van der Waals surface area contributed by atoms with Gasteiger partial charge in [0.25, 0.3) is 0 Å². The number of benzene rings is 1. The quantitative estimate of drug-likeness (QED) is 0.717. The number of hydrogen-bond donors (Lipinski definition) is 1. The predicted molar refractivity (Wildman–Crippen MR) is 119 cm³/mol. The molecule has 1 saturated heterocycles. The number of amides is 1. The molecule has 1 N–H and O–H groups in total. The van der Waals surface area contributed by atoms with E-state index < -0.39 is 0 Å². The molecule has 0 bridgehead atoms. The first-order chi connectivity index (χ1) is 12.5. The summed E-state index contributed by atoms with van der Waals surface area (Å²) in [4.78, 5) is 19.6. The highest BCUT2D eigenvalue weighted by Crippen LogP contribution is 2.28. The van der Waals surface area contributed by atoms with E-state index in [-0.39, 0.29) is 24.4 Å². The first-order valence-electron chi connectivity index (χ1n) is 9.86. The van der Waals surface area contributed by atoms with E-state index in [1.165, 1.54) is 37.7 Å². The summed E-state index contributed by atoms with van der Waals surface area (Å²) in [6.07, 6.45) is 6.91. The maximum absolute atomic E-state index is 12.4. The van der Waals surface area contributed by atoms with Gasteiger partial charge in [-0.05, 0) is 36.5 Å². The monoisotopic (exact) mass is 409 g/mol. The fourth-order valence-electron chi connectivity index (χ4n) is 3.61. The van der Waals surface area contributed by atoms with E-state index in [2.05, 4.69) is 43.2 Å². The van der Waals surface area contributed by atoms with Crippen LogP contribution in [0.4, 0.5) is 5.69 Å². The molecule has 1 atom stereocenters. The minimum Gasteiger partial charge on any atom is -0.350 e. The molecule has 1 aliphatic heterocycles. The largest absolute Gasteiger partial charge is 0.350 e. The van der Waals surface area contributed by atoms with E-state index >= 15 is 0 Å². The Labute approximate surface area is 174 Å². The van der Waals surface area contributed by atoms with Crippen molar-refractivity contribution >= 4 is 40.9 Å². The van der Waals surface area contributed by atoms with Crippen molar-refractivity contribution in [1.29, 1.82) is 0 Å². The zero-order chi connectivity index (χ0) is 18.5. The number of amidine groups is 1. The van der Waals surface area contributed by atoms with Crippen LogP contribution in [0.15, 0.2) is 29.3 Å². The van der Waals surface area contributed by atoms with Gasteiger partial charge < -0.3 is 10.2 Å². The molecule has 1 heterocycles. The van der Waals surface area contributed by atoms with Crippen molar-refractivity contribution in [3.8, 4) is 0 Å².